The van der Waals surface area contributed by atoms with Crippen LogP contribution >= 0.6 is 11.3 Å². The minimum Gasteiger partial charge on any atom is -0.493 e. The maximum atomic E-state index is 13.2. The second-order valence-corrected chi connectivity index (χ2v) is 8.22. The van der Waals surface area contributed by atoms with Crippen molar-refractivity contribution in [3.63, 3.8) is 0 Å². The maximum absolute atomic E-state index is 13.2. The highest BCUT2D eigenvalue weighted by Gasteiger charge is 2.32. The number of hydrogen-bond donors (Lipinski definition) is 0. The lowest BCUT2D eigenvalue weighted by Gasteiger charge is -2.36. The number of nitrogens with zero attached hydrogens (tertiary/aromatic N) is 1. The number of hydrogen-bond acceptors (Lipinski definition) is 4. The molecular formula is C25H25NO3S. The fraction of sp³-hybridized carbons (Fsp3) is 0.240. The Hall–Kier alpha value is -3.05. The van der Waals surface area contributed by atoms with Crippen LogP contribution in [0.15, 0.2) is 72.6 Å². The minimum absolute atomic E-state index is 0.0278. The van der Waals surface area contributed by atoms with E-state index in [1.165, 1.54) is 10.4 Å². The number of carbonyl (C=O) groups excluding carboxylic acids is 1. The number of thiophene rings is 1. The molecule has 0 radical (unpaired) electrons. The van der Waals surface area contributed by atoms with E-state index in [2.05, 4.69) is 30.2 Å². The fourth-order valence-electron chi connectivity index (χ4n) is 3.93. The Labute approximate surface area is 181 Å². The standard InChI is InChI=1S/C25H25NO3S/c1-3-7-18-10-11-21(22(16-18)28-2)29-17-24(27)26-14-12-23-20(13-15-30-23)25(26)19-8-5-4-6-9-19/h3-6,8-11,13,15-16,25H,1,7,12,14,17H2,2H3. The summed E-state index contributed by atoms with van der Waals surface area (Å²) in [7, 11) is 1.61. The van der Waals surface area contributed by atoms with Crippen LogP contribution in [-0.2, 0) is 17.6 Å². The van der Waals surface area contributed by atoms with Gasteiger partial charge in [-0.2, -0.15) is 0 Å². The third kappa shape index (κ3) is 4.12. The summed E-state index contributed by atoms with van der Waals surface area (Å²) < 4.78 is 11.3. The molecule has 1 atom stereocenters. The first kappa shape index (κ1) is 20.2. The molecule has 154 valence electrons. The first-order valence-corrected chi connectivity index (χ1v) is 10.9. The summed E-state index contributed by atoms with van der Waals surface area (Å²) in [6, 6.07) is 18.0. The molecule has 0 saturated carbocycles. The Balaban J connectivity index is 1.53. The topological polar surface area (TPSA) is 38.8 Å². The van der Waals surface area contributed by atoms with Gasteiger partial charge in [0, 0.05) is 11.4 Å². The van der Waals surface area contributed by atoms with Crippen molar-refractivity contribution in [2.45, 2.75) is 18.9 Å². The van der Waals surface area contributed by atoms with E-state index in [0.29, 0.717) is 18.0 Å². The highest BCUT2D eigenvalue weighted by molar-refractivity contribution is 7.10. The molecule has 1 amide bonds. The number of amides is 1. The zero-order chi connectivity index (χ0) is 20.9. The van der Waals surface area contributed by atoms with Gasteiger partial charge in [-0.3, -0.25) is 4.79 Å². The van der Waals surface area contributed by atoms with Crippen molar-refractivity contribution in [3.05, 3.63) is 94.2 Å². The van der Waals surface area contributed by atoms with Crippen LogP contribution < -0.4 is 9.47 Å². The lowest BCUT2D eigenvalue weighted by molar-refractivity contribution is -0.135. The van der Waals surface area contributed by atoms with Crippen molar-refractivity contribution < 1.29 is 14.3 Å². The van der Waals surface area contributed by atoms with E-state index in [4.69, 9.17) is 9.47 Å². The van der Waals surface area contributed by atoms with Gasteiger partial charge in [-0.15, -0.1) is 17.9 Å². The molecule has 4 rings (SSSR count). The van der Waals surface area contributed by atoms with Crippen LogP contribution in [0.4, 0.5) is 0 Å². The zero-order valence-electron chi connectivity index (χ0n) is 17.0. The third-order valence-electron chi connectivity index (χ3n) is 5.36. The van der Waals surface area contributed by atoms with Crippen molar-refractivity contribution in [2.75, 3.05) is 20.3 Å². The fourth-order valence-corrected chi connectivity index (χ4v) is 4.83. The Morgan fingerprint density at radius 1 is 1.20 bits per heavy atom. The smallest absolute Gasteiger partial charge is 0.261 e. The monoisotopic (exact) mass is 419 g/mol. The Kier molecular flexibility index (Phi) is 6.19. The maximum Gasteiger partial charge on any atom is 0.261 e. The van der Waals surface area contributed by atoms with Crippen LogP contribution in [0.5, 0.6) is 11.5 Å². The zero-order valence-corrected chi connectivity index (χ0v) is 17.9. The first-order valence-electron chi connectivity index (χ1n) is 10.0. The molecule has 0 bridgehead atoms. The van der Waals surface area contributed by atoms with Crippen molar-refractivity contribution in [1.29, 1.82) is 0 Å². The number of allylic oxidation sites excluding steroid dienone is 1. The van der Waals surface area contributed by atoms with Crippen molar-refractivity contribution in [3.8, 4) is 11.5 Å². The molecule has 0 spiro atoms. The minimum atomic E-state index is -0.0748. The summed E-state index contributed by atoms with van der Waals surface area (Å²) in [4.78, 5) is 16.5. The predicted molar refractivity (Wildman–Crippen MR) is 120 cm³/mol. The van der Waals surface area contributed by atoms with Crippen LogP contribution in [0.1, 0.15) is 27.6 Å². The van der Waals surface area contributed by atoms with E-state index in [0.717, 1.165) is 24.0 Å². The van der Waals surface area contributed by atoms with Crippen LogP contribution in [0.25, 0.3) is 0 Å². The normalized spacial score (nSPS) is 15.4. The van der Waals surface area contributed by atoms with Crippen LogP contribution in [-0.4, -0.2) is 31.1 Å². The molecule has 3 aromatic rings. The Morgan fingerprint density at radius 3 is 2.80 bits per heavy atom. The highest BCUT2D eigenvalue weighted by atomic mass is 32.1. The molecule has 1 aliphatic heterocycles. The Bertz CT molecular complexity index is 1030. The number of carbonyl (C=O) groups is 1. The van der Waals surface area contributed by atoms with Gasteiger partial charge in [0.2, 0.25) is 0 Å². The molecule has 0 N–H and O–H groups in total. The molecule has 0 fully saturated rings. The quantitative estimate of drug-likeness (QED) is 0.504. The SMILES string of the molecule is C=CCc1ccc(OCC(=O)N2CCc3sccc3C2c2ccccc2)c(OC)c1. The molecule has 1 unspecified atom stereocenters. The van der Waals surface area contributed by atoms with Crippen molar-refractivity contribution in [2.24, 2.45) is 0 Å². The predicted octanol–water partition coefficient (Wildman–Crippen LogP) is 5.04. The average molecular weight is 420 g/mol. The molecular weight excluding hydrogens is 394 g/mol. The second-order valence-electron chi connectivity index (χ2n) is 7.22. The molecule has 0 aliphatic carbocycles. The van der Waals surface area contributed by atoms with Gasteiger partial charge in [0.05, 0.1) is 13.2 Å². The van der Waals surface area contributed by atoms with E-state index in [-0.39, 0.29) is 18.6 Å². The van der Waals surface area contributed by atoms with Crippen LogP contribution in [0.3, 0.4) is 0 Å². The molecule has 5 heteroatoms. The van der Waals surface area contributed by atoms with Gasteiger partial charge in [0.1, 0.15) is 0 Å². The first-order chi connectivity index (χ1) is 14.7. The molecule has 1 aliphatic rings. The summed E-state index contributed by atoms with van der Waals surface area (Å²) in [5.41, 5.74) is 3.43. The Morgan fingerprint density at radius 2 is 2.03 bits per heavy atom. The molecule has 4 nitrogen and oxygen atoms in total. The number of methoxy groups -OCH3 is 1. The van der Waals surface area contributed by atoms with E-state index >= 15 is 0 Å². The highest BCUT2D eigenvalue weighted by Crippen LogP contribution is 2.38. The van der Waals surface area contributed by atoms with Gasteiger partial charge in [-0.25, -0.2) is 0 Å². The summed E-state index contributed by atoms with van der Waals surface area (Å²) in [6.07, 6.45) is 3.48. The largest absolute Gasteiger partial charge is 0.493 e. The second kappa shape index (κ2) is 9.18. The number of fused-ring (bicyclic) bond motifs is 1. The summed E-state index contributed by atoms with van der Waals surface area (Å²) in [5, 5.41) is 2.11. The lowest BCUT2D eigenvalue weighted by Crippen LogP contribution is -2.42. The van der Waals surface area contributed by atoms with Gasteiger partial charge in [-0.1, -0.05) is 42.5 Å². The summed E-state index contributed by atoms with van der Waals surface area (Å²) in [6.45, 7) is 4.43. The van der Waals surface area contributed by atoms with Gasteiger partial charge in [0.15, 0.2) is 18.1 Å². The molecule has 2 aromatic carbocycles. The lowest BCUT2D eigenvalue weighted by atomic mass is 9.93. The van der Waals surface area contributed by atoms with Gasteiger partial charge in [-0.05, 0) is 53.1 Å². The van der Waals surface area contributed by atoms with E-state index in [9.17, 15) is 4.79 Å². The van der Waals surface area contributed by atoms with Gasteiger partial charge in [0.25, 0.3) is 5.91 Å². The molecule has 2 heterocycles. The number of ether oxygens (including phenoxy) is 2. The molecule has 0 saturated heterocycles. The third-order valence-corrected chi connectivity index (χ3v) is 6.36. The molecule has 1 aromatic heterocycles. The number of rotatable bonds is 7. The average Bonchev–Trinajstić information content (AvgIpc) is 3.27. The van der Waals surface area contributed by atoms with E-state index < -0.39 is 0 Å². The van der Waals surface area contributed by atoms with Crippen molar-refractivity contribution >= 4 is 17.2 Å². The van der Waals surface area contributed by atoms with E-state index in [1.807, 2.05) is 47.4 Å². The summed E-state index contributed by atoms with van der Waals surface area (Å²) in [5.74, 6) is 1.17. The summed E-state index contributed by atoms with van der Waals surface area (Å²) >= 11 is 1.77. The van der Waals surface area contributed by atoms with Gasteiger partial charge >= 0.3 is 0 Å². The van der Waals surface area contributed by atoms with Gasteiger partial charge < -0.3 is 14.4 Å². The van der Waals surface area contributed by atoms with Crippen molar-refractivity contribution in [1.82, 2.24) is 4.90 Å². The van der Waals surface area contributed by atoms with Crippen LogP contribution in [0.2, 0.25) is 0 Å². The van der Waals surface area contributed by atoms with Crippen LogP contribution in [0, 0.1) is 0 Å². The molecule has 30 heavy (non-hydrogen) atoms. The van der Waals surface area contributed by atoms with E-state index in [1.54, 1.807) is 18.4 Å². The number of benzene rings is 2.